The van der Waals surface area contributed by atoms with Crippen molar-refractivity contribution >= 4 is 22.7 Å². The van der Waals surface area contributed by atoms with Gasteiger partial charge in [0.1, 0.15) is 6.04 Å². The van der Waals surface area contributed by atoms with E-state index in [-0.39, 0.29) is 17.9 Å². The lowest BCUT2D eigenvalue weighted by atomic mass is 9.98. The van der Waals surface area contributed by atoms with Crippen LogP contribution in [0.2, 0.25) is 0 Å². The standard InChI is InChI=1S/C20H25N3O2/c1-21-14-10-15-16(7-6-9-17(15)21)19(24)23-13-3-2-8-18(23)20(25)22-11-4-5-12-22/h6-7,9-10,14,18H,2-5,8,11-13H2,1H3. The normalized spacial score (nSPS) is 21.1. The molecule has 1 atom stereocenters. The number of hydrogen-bond donors (Lipinski definition) is 0. The minimum atomic E-state index is -0.293. The van der Waals surface area contributed by atoms with E-state index in [1.165, 1.54) is 0 Å². The molecular formula is C20H25N3O2. The highest BCUT2D eigenvalue weighted by Gasteiger charge is 2.36. The lowest BCUT2D eigenvalue weighted by Crippen LogP contribution is -2.52. The zero-order chi connectivity index (χ0) is 17.4. The van der Waals surface area contributed by atoms with E-state index < -0.39 is 0 Å². The van der Waals surface area contributed by atoms with Gasteiger partial charge in [0.15, 0.2) is 0 Å². The fourth-order valence-electron chi connectivity index (χ4n) is 4.22. The SMILES string of the molecule is Cn1ccc2c(C(=O)N3CCCCC3C(=O)N3CCCC3)cccc21. The molecule has 0 aliphatic carbocycles. The van der Waals surface area contributed by atoms with Crippen molar-refractivity contribution in [3.05, 3.63) is 36.0 Å². The molecule has 2 aliphatic heterocycles. The van der Waals surface area contributed by atoms with Gasteiger partial charge in [-0.15, -0.1) is 0 Å². The van der Waals surface area contributed by atoms with Crippen LogP contribution < -0.4 is 0 Å². The van der Waals surface area contributed by atoms with Gasteiger partial charge in [0.25, 0.3) is 5.91 Å². The molecule has 132 valence electrons. The molecule has 2 aliphatic rings. The maximum absolute atomic E-state index is 13.3. The first-order valence-electron chi connectivity index (χ1n) is 9.30. The molecule has 5 nitrogen and oxygen atoms in total. The minimum Gasteiger partial charge on any atom is -0.351 e. The minimum absolute atomic E-state index is 0.00551. The summed E-state index contributed by atoms with van der Waals surface area (Å²) in [6, 6.07) is 7.53. The number of amides is 2. The molecule has 0 N–H and O–H groups in total. The van der Waals surface area contributed by atoms with Crippen molar-refractivity contribution in [2.24, 2.45) is 7.05 Å². The summed E-state index contributed by atoms with van der Waals surface area (Å²) in [6.07, 6.45) is 6.91. The van der Waals surface area contributed by atoms with E-state index in [9.17, 15) is 9.59 Å². The second-order valence-corrected chi connectivity index (χ2v) is 7.21. The topological polar surface area (TPSA) is 45.6 Å². The molecule has 0 saturated carbocycles. The van der Waals surface area contributed by atoms with Gasteiger partial charge in [-0.1, -0.05) is 6.07 Å². The first-order valence-corrected chi connectivity index (χ1v) is 9.30. The molecule has 5 heteroatoms. The molecule has 3 heterocycles. The van der Waals surface area contributed by atoms with Crippen LogP contribution in [0, 0.1) is 0 Å². The maximum atomic E-state index is 13.3. The molecule has 25 heavy (non-hydrogen) atoms. The average molecular weight is 339 g/mol. The summed E-state index contributed by atoms with van der Waals surface area (Å²) in [7, 11) is 1.98. The Kier molecular flexibility index (Phi) is 4.24. The Morgan fingerprint density at radius 2 is 1.76 bits per heavy atom. The van der Waals surface area contributed by atoms with E-state index >= 15 is 0 Å². The monoisotopic (exact) mass is 339 g/mol. The van der Waals surface area contributed by atoms with Crippen LogP contribution in [-0.2, 0) is 11.8 Å². The average Bonchev–Trinajstić information content (AvgIpc) is 3.31. The van der Waals surface area contributed by atoms with E-state index in [0.29, 0.717) is 12.1 Å². The number of benzene rings is 1. The molecule has 1 aromatic heterocycles. The number of hydrogen-bond acceptors (Lipinski definition) is 2. The number of carbonyl (C=O) groups is 2. The van der Waals surface area contributed by atoms with Crippen molar-refractivity contribution in [1.82, 2.24) is 14.4 Å². The molecule has 1 unspecified atom stereocenters. The molecule has 1 aromatic carbocycles. The first-order chi connectivity index (χ1) is 12.2. The van der Waals surface area contributed by atoms with Crippen LogP contribution in [0.15, 0.2) is 30.5 Å². The van der Waals surface area contributed by atoms with Gasteiger partial charge < -0.3 is 14.4 Å². The second-order valence-electron chi connectivity index (χ2n) is 7.21. The van der Waals surface area contributed by atoms with E-state index in [4.69, 9.17) is 0 Å². The fraction of sp³-hybridized carbons (Fsp3) is 0.500. The predicted molar refractivity (Wildman–Crippen MR) is 97.4 cm³/mol. The number of likely N-dealkylation sites (tertiary alicyclic amines) is 2. The third kappa shape index (κ3) is 2.81. The predicted octanol–water partition coefficient (Wildman–Crippen LogP) is 2.80. The first kappa shape index (κ1) is 16.2. The number of aryl methyl sites for hydroxylation is 1. The van der Waals surface area contributed by atoms with Gasteiger partial charge in [0.2, 0.25) is 5.91 Å². The maximum Gasteiger partial charge on any atom is 0.255 e. The van der Waals surface area contributed by atoms with Gasteiger partial charge in [-0.25, -0.2) is 0 Å². The highest BCUT2D eigenvalue weighted by molar-refractivity contribution is 6.07. The Morgan fingerprint density at radius 1 is 1.00 bits per heavy atom. The fourth-order valence-corrected chi connectivity index (χ4v) is 4.22. The van der Waals surface area contributed by atoms with Crippen molar-refractivity contribution in [1.29, 1.82) is 0 Å². The molecule has 0 radical (unpaired) electrons. The number of carbonyl (C=O) groups excluding carboxylic acids is 2. The lowest BCUT2D eigenvalue weighted by molar-refractivity contribution is -0.136. The molecule has 4 rings (SSSR count). The Morgan fingerprint density at radius 3 is 2.56 bits per heavy atom. The third-order valence-corrected chi connectivity index (χ3v) is 5.62. The second kappa shape index (κ2) is 6.54. The zero-order valence-corrected chi connectivity index (χ0v) is 14.8. The van der Waals surface area contributed by atoms with Gasteiger partial charge in [-0.2, -0.15) is 0 Å². The smallest absolute Gasteiger partial charge is 0.255 e. The van der Waals surface area contributed by atoms with Gasteiger partial charge in [0, 0.05) is 49.3 Å². The molecule has 0 spiro atoms. The molecule has 2 aromatic rings. The van der Waals surface area contributed by atoms with Crippen LogP contribution >= 0.6 is 0 Å². The number of aromatic nitrogens is 1. The van der Waals surface area contributed by atoms with Crippen molar-refractivity contribution in [2.75, 3.05) is 19.6 Å². The number of rotatable bonds is 2. The molecule has 2 amide bonds. The van der Waals surface area contributed by atoms with Crippen molar-refractivity contribution in [3.63, 3.8) is 0 Å². The van der Waals surface area contributed by atoms with Crippen LogP contribution in [0.25, 0.3) is 10.9 Å². The Balaban J connectivity index is 1.65. The van der Waals surface area contributed by atoms with Gasteiger partial charge in [-0.3, -0.25) is 9.59 Å². The van der Waals surface area contributed by atoms with E-state index in [1.807, 2.05) is 51.9 Å². The van der Waals surface area contributed by atoms with Crippen molar-refractivity contribution in [2.45, 2.75) is 38.1 Å². The summed E-state index contributed by atoms with van der Waals surface area (Å²) in [6.45, 7) is 2.35. The van der Waals surface area contributed by atoms with Crippen molar-refractivity contribution in [3.8, 4) is 0 Å². The van der Waals surface area contributed by atoms with Crippen LogP contribution in [0.5, 0.6) is 0 Å². The molecule has 2 saturated heterocycles. The lowest BCUT2D eigenvalue weighted by Gasteiger charge is -2.37. The zero-order valence-electron chi connectivity index (χ0n) is 14.8. The summed E-state index contributed by atoms with van der Waals surface area (Å²) in [4.78, 5) is 30.0. The summed E-state index contributed by atoms with van der Waals surface area (Å²) < 4.78 is 2.02. The summed E-state index contributed by atoms with van der Waals surface area (Å²) in [5.41, 5.74) is 1.75. The molecule has 2 fully saturated rings. The largest absolute Gasteiger partial charge is 0.351 e. The Labute approximate surface area is 148 Å². The van der Waals surface area contributed by atoms with Crippen LogP contribution in [0.4, 0.5) is 0 Å². The Hall–Kier alpha value is -2.30. The van der Waals surface area contributed by atoms with Crippen molar-refractivity contribution < 1.29 is 9.59 Å². The number of nitrogens with zero attached hydrogens (tertiary/aromatic N) is 3. The summed E-state index contributed by atoms with van der Waals surface area (Å²) >= 11 is 0. The van der Waals surface area contributed by atoms with Gasteiger partial charge in [-0.05, 0) is 50.3 Å². The quantitative estimate of drug-likeness (QED) is 0.844. The van der Waals surface area contributed by atoms with Crippen LogP contribution in [0.1, 0.15) is 42.5 Å². The van der Waals surface area contributed by atoms with E-state index in [1.54, 1.807) is 0 Å². The summed E-state index contributed by atoms with van der Waals surface area (Å²) in [5.74, 6) is 0.139. The van der Waals surface area contributed by atoms with Crippen LogP contribution in [0.3, 0.4) is 0 Å². The van der Waals surface area contributed by atoms with E-state index in [0.717, 1.165) is 56.1 Å². The number of piperidine rings is 1. The van der Waals surface area contributed by atoms with Gasteiger partial charge in [0.05, 0.1) is 0 Å². The van der Waals surface area contributed by atoms with E-state index in [2.05, 4.69) is 0 Å². The van der Waals surface area contributed by atoms with Gasteiger partial charge >= 0.3 is 0 Å². The third-order valence-electron chi connectivity index (χ3n) is 5.62. The number of fused-ring (bicyclic) bond motifs is 1. The van der Waals surface area contributed by atoms with Crippen LogP contribution in [-0.4, -0.2) is 51.9 Å². The highest BCUT2D eigenvalue weighted by atomic mass is 16.2. The summed E-state index contributed by atoms with van der Waals surface area (Å²) in [5, 5.41) is 0.966. The highest BCUT2D eigenvalue weighted by Crippen LogP contribution is 2.26. The molecule has 0 bridgehead atoms. The molecular weight excluding hydrogens is 314 g/mol. The Bertz CT molecular complexity index is 804.